The highest BCUT2D eigenvalue weighted by Gasteiger charge is 2.37. The second-order valence-corrected chi connectivity index (χ2v) is 14.8. The fourth-order valence-corrected chi connectivity index (χ4v) is 9.07. The van der Waals surface area contributed by atoms with Crippen LogP contribution in [-0.2, 0) is 5.41 Å². The van der Waals surface area contributed by atoms with Gasteiger partial charge in [-0.25, -0.2) is 0 Å². The molecule has 0 N–H and O–H groups in total. The smallest absolute Gasteiger partial charge is 0.159 e. The molecule has 54 heavy (non-hydrogen) atoms. The van der Waals surface area contributed by atoms with Crippen molar-refractivity contribution >= 4 is 60.9 Å². The summed E-state index contributed by atoms with van der Waals surface area (Å²) in [6.07, 6.45) is 0. The summed E-state index contributed by atoms with van der Waals surface area (Å²) in [5.74, 6) is 0. The Hall–Kier alpha value is -6.84. The zero-order chi connectivity index (χ0) is 36.0. The summed E-state index contributed by atoms with van der Waals surface area (Å²) in [5.41, 5.74) is 16.3. The lowest BCUT2D eigenvalue weighted by molar-refractivity contribution is 0.660. The van der Waals surface area contributed by atoms with E-state index in [2.05, 4.69) is 176 Å². The molecule has 0 amide bonds. The van der Waals surface area contributed by atoms with Crippen LogP contribution in [0.2, 0.25) is 0 Å². The summed E-state index contributed by atoms with van der Waals surface area (Å²) >= 11 is 0. The lowest BCUT2D eigenvalue weighted by Crippen LogP contribution is -2.15. The summed E-state index contributed by atoms with van der Waals surface area (Å²) in [6.45, 7) is 4.69. The van der Waals surface area contributed by atoms with E-state index < -0.39 is 0 Å². The molecular formula is C51H35NO2. The van der Waals surface area contributed by atoms with Crippen LogP contribution in [0.15, 0.2) is 185 Å². The summed E-state index contributed by atoms with van der Waals surface area (Å²) in [7, 11) is 0. The van der Waals surface area contributed by atoms with Crippen LogP contribution in [0.25, 0.3) is 77.3 Å². The standard InChI is InChI=1S/C51H35NO2/c1-51(2)40-24-8-3-19-38(40)48-35(21-13-25-41(48)51)32-16-4-9-26-42(32)52(44-28-14-23-37-34-18-6-11-29-45(34)54-50(37)44)43-27-10-5-17-33(43)36-22-15-31-47-49(36)39-20-7-12-30-46(39)53-47/h3-31H,1-2H3. The SMILES string of the molecule is CC1(C)c2ccccc2-c2c(-c3ccccc3N(c3ccccc3-c3cccc4oc5ccccc5c34)c3cccc4c3oc3ccccc34)cccc21. The average molecular weight is 694 g/mol. The van der Waals surface area contributed by atoms with Crippen molar-refractivity contribution in [3.8, 4) is 33.4 Å². The first-order valence-corrected chi connectivity index (χ1v) is 18.6. The fourth-order valence-electron chi connectivity index (χ4n) is 9.07. The minimum Gasteiger partial charge on any atom is -0.456 e. The van der Waals surface area contributed by atoms with Crippen molar-refractivity contribution in [2.75, 3.05) is 4.90 Å². The predicted molar refractivity (Wildman–Crippen MR) is 224 cm³/mol. The molecule has 0 aliphatic heterocycles. The first-order chi connectivity index (χ1) is 26.6. The molecule has 0 spiro atoms. The Labute approximate surface area is 313 Å². The van der Waals surface area contributed by atoms with Gasteiger partial charge in [0, 0.05) is 38.1 Å². The molecule has 0 atom stereocenters. The van der Waals surface area contributed by atoms with Crippen molar-refractivity contribution in [1.29, 1.82) is 0 Å². The van der Waals surface area contributed by atoms with E-state index >= 15 is 0 Å². The molecule has 3 nitrogen and oxygen atoms in total. The van der Waals surface area contributed by atoms with Crippen LogP contribution in [-0.4, -0.2) is 0 Å². The van der Waals surface area contributed by atoms with E-state index in [1.54, 1.807) is 0 Å². The number of hydrogen-bond acceptors (Lipinski definition) is 3. The third-order valence-electron chi connectivity index (χ3n) is 11.5. The van der Waals surface area contributed by atoms with Crippen molar-refractivity contribution in [2.45, 2.75) is 19.3 Å². The molecule has 0 radical (unpaired) electrons. The van der Waals surface area contributed by atoms with Crippen LogP contribution in [0.4, 0.5) is 17.1 Å². The number of nitrogens with zero attached hydrogens (tertiary/aromatic N) is 1. The van der Waals surface area contributed by atoms with Crippen LogP contribution < -0.4 is 4.90 Å². The Morgan fingerprint density at radius 1 is 0.370 bits per heavy atom. The quantitative estimate of drug-likeness (QED) is 0.180. The summed E-state index contributed by atoms with van der Waals surface area (Å²) < 4.78 is 13.2. The maximum absolute atomic E-state index is 6.81. The zero-order valence-corrected chi connectivity index (χ0v) is 30.0. The number of para-hydroxylation sites is 5. The monoisotopic (exact) mass is 693 g/mol. The van der Waals surface area contributed by atoms with Gasteiger partial charge in [0.05, 0.1) is 17.1 Å². The van der Waals surface area contributed by atoms with Crippen molar-refractivity contribution in [2.24, 2.45) is 0 Å². The van der Waals surface area contributed by atoms with Crippen molar-refractivity contribution in [1.82, 2.24) is 0 Å². The normalized spacial score (nSPS) is 13.1. The largest absolute Gasteiger partial charge is 0.456 e. The van der Waals surface area contributed by atoms with Gasteiger partial charge in [-0.1, -0.05) is 153 Å². The molecule has 0 saturated heterocycles. The molecule has 3 heteroatoms. The van der Waals surface area contributed by atoms with Gasteiger partial charge in [-0.15, -0.1) is 0 Å². The first-order valence-electron chi connectivity index (χ1n) is 18.6. The van der Waals surface area contributed by atoms with Gasteiger partial charge < -0.3 is 13.7 Å². The number of hydrogen-bond donors (Lipinski definition) is 0. The number of anilines is 3. The molecule has 0 saturated carbocycles. The molecule has 10 aromatic rings. The molecule has 2 heterocycles. The molecule has 256 valence electrons. The first kappa shape index (κ1) is 30.8. The minimum absolute atomic E-state index is 0.116. The minimum atomic E-state index is -0.116. The van der Waals surface area contributed by atoms with Crippen LogP contribution in [0, 0.1) is 0 Å². The third-order valence-corrected chi connectivity index (χ3v) is 11.5. The van der Waals surface area contributed by atoms with E-state index in [1.807, 2.05) is 18.2 Å². The average Bonchev–Trinajstić information content (AvgIpc) is 3.87. The van der Waals surface area contributed by atoms with Gasteiger partial charge in [-0.2, -0.15) is 0 Å². The van der Waals surface area contributed by atoms with E-state index in [4.69, 9.17) is 8.83 Å². The second-order valence-electron chi connectivity index (χ2n) is 14.8. The molecule has 8 aromatic carbocycles. The van der Waals surface area contributed by atoms with Crippen molar-refractivity contribution in [3.63, 3.8) is 0 Å². The van der Waals surface area contributed by atoms with Crippen LogP contribution in [0.5, 0.6) is 0 Å². The lowest BCUT2D eigenvalue weighted by atomic mass is 9.82. The fraction of sp³-hybridized carbons (Fsp3) is 0.0588. The predicted octanol–water partition coefficient (Wildman–Crippen LogP) is 14.6. The molecule has 11 rings (SSSR count). The van der Waals surface area contributed by atoms with E-state index in [-0.39, 0.29) is 5.41 Å². The van der Waals surface area contributed by atoms with Gasteiger partial charge in [0.1, 0.15) is 16.7 Å². The molecule has 0 unspecified atom stereocenters. The Bertz CT molecular complexity index is 3100. The number of benzene rings is 8. The molecule has 0 fully saturated rings. The molecule has 1 aliphatic rings. The zero-order valence-electron chi connectivity index (χ0n) is 30.0. The van der Waals surface area contributed by atoms with E-state index in [1.165, 1.54) is 27.8 Å². The van der Waals surface area contributed by atoms with Gasteiger partial charge in [-0.05, 0) is 69.8 Å². The van der Waals surface area contributed by atoms with Crippen LogP contribution in [0.3, 0.4) is 0 Å². The number of fused-ring (bicyclic) bond motifs is 9. The Balaban J connectivity index is 1.24. The molecule has 2 aromatic heterocycles. The highest BCUT2D eigenvalue weighted by Crippen LogP contribution is 2.55. The molecule has 1 aliphatic carbocycles. The van der Waals surface area contributed by atoms with E-state index in [9.17, 15) is 0 Å². The maximum Gasteiger partial charge on any atom is 0.159 e. The molecular weight excluding hydrogens is 659 g/mol. The summed E-state index contributed by atoms with van der Waals surface area (Å²) in [6, 6.07) is 62.9. The van der Waals surface area contributed by atoms with Gasteiger partial charge in [-0.3, -0.25) is 0 Å². The Morgan fingerprint density at radius 2 is 0.870 bits per heavy atom. The molecule has 0 bridgehead atoms. The topological polar surface area (TPSA) is 29.5 Å². The van der Waals surface area contributed by atoms with Crippen molar-refractivity contribution in [3.05, 3.63) is 187 Å². The lowest BCUT2D eigenvalue weighted by Gasteiger charge is -2.30. The van der Waals surface area contributed by atoms with Crippen LogP contribution in [0.1, 0.15) is 25.0 Å². The highest BCUT2D eigenvalue weighted by atomic mass is 16.3. The Morgan fingerprint density at radius 3 is 1.67 bits per heavy atom. The van der Waals surface area contributed by atoms with Gasteiger partial charge in [0.2, 0.25) is 0 Å². The number of furan rings is 2. The second kappa shape index (κ2) is 11.6. The van der Waals surface area contributed by atoms with Gasteiger partial charge in [0.15, 0.2) is 5.58 Å². The number of rotatable bonds is 5. The van der Waals surface area contributed by atoms with E-state index in [0.717, 1.165) is 77.6 Å². The van der Waals surface area contributed by atoms with Gasteiger partial charge >= 0.3 is 0 Å². The van der Waals surface area contributed by atoms with Crippen molar-refractivity contribution < 1.29 is 8.83 Å². The maximum atomic E-state index is 6.81. The van der Waals surface area contributed by atoms with Crippen LogP contribution >= 0.6 is 0 Å². The van der Waals surface area contributed by atoms with Gasteiger partial charge in [0.25, 0.3) is 0 Å². The highest BCUT2D eigenvalue weighted by molar-refractivity contribution is 6.15. The summed E-state index contributed by atoms with van der Waals surface area (Å²) in [4.78, 5) is 2.42. The third kappa shape index (κ3) is 4.36. The Kier molecular flexibility index (Phi) is 6.60. The van der Waals surface area contributed by atoms with E-state index in [0.29, 0.717) is 0 Å². The summed E-state index contributed by atoms with van der Waals surface area (Å²) in [5, 5.41) is 4.40.